The van der Waals surface area contributed by atoms with Gasteiger partial charge in [-0.1, -0.05) is 36.4 Å². The Kier molecular flexibility index (Phi) is 4.75. The lowest BCUT2D eigenvalue weighted by atomic mass is 10.1. The van der Waals surface area contributed by atoms with Gasteiger partial charge in [0.2, 0.25) is 11.8 Å². The zero-order chi connectivity index (χ0) is 18.6. The van der Waals surface area contributed by atoms with Crippen molar-refractivity contribution in [1.29, 1.82) is 0 Å². The minimum atomic E-state index is -0.106. The molecule has 0 atom stereocenters. The first kappa shape index (κ1) is 17.1. The molecule has 0 radical (unpaired) electrons. The fourth-order valence-electron chi connectivity index (χ4n) is 3.39. The first-order valence-electron chi connectivity index (χ1n) is 9.13. The molecule has 0 aromatic heterocycles. The van der Waals surface area contributed by atoms with Crippen LogP contribution < -0.4 is 15.5 Å². The van der Waals surface area contributed by atoms with Gasteiger partial charge in [0.05, 0.1) is 6.54 Å². The van der Waals surface area contributed by atoms with E-state index >= 15 is 0 Å². The Morgan fingerprint density at radius 2 is 1.74 bits per heavy atom. The Bertz CT molecular complexity index is 977. The summed E-state index contributed by atoms with van der Waals surface area (Å²) in [7, 11) is 0. The highest BCUT2D eigenvalue weighted by Gasteiger charge is 2.21. The second-order valence-electron chi connectivity index (χ2n) is 6.62. The number of hydrogen-bond acceptors (Lipinski definition) is 3. The van der Waals surface area contributed by atoms with Crippen molar-refractivity contribution < 1.29 is 9.59 Å². The van der Waals surface area contributed by atoms with Crippen molar-refractivity contribution in [2.45, 2.75) is 12.8 Å². The number of carbonyl (C=O) groups excluding carboxylic acids is 2. The van der Waals surface area contributed by atoms with Crippen LogP contribution in [0.2, 0.25) is 0 Å². The second-order valence-corrected chi connectivity index (χ2v) is 6.62. The van der Waals surface area contributed by atoms with Gasteiger partial charge in [0.1, 0.15) is 0 Å². The molecule has 27 heavy (non-hydrogen) atoms. The van der Waals surface area contributed by atoms with Crippen LogP contribution in [0, 0.1) is 0 Å². The molecule has 136 valence electrons. The van der Waals surface area contributed by atoms with Gasteiger partial charge in [-0.05, 0) is 42.1 Å². The molecule has 0 aliphatic carbocycles. The number of amides is 2. The summed E-state index contributed by atoms with van der Waals surface area (Å²) in [5.41, 5.74) is 2.56. The van der Waals surface area contributed by atoms with E-state index < -0.39 is 0 Å². The monoisotopic (exact) mass is 359 g/mol. The lowest BCUT2D eigenvalue weighted by molar-refractivity contribution is -0.117. The van der Waals surface area contributed by atoms with Crippen molar-refractivity contribution in [3.63, 3.8) is 0 Å². The molecule has 2 amide bonds. The molecule has 5 heteroatoms. The predicted octanol–water partition coefficient (Wildman–Crippen LogP) is 4.02. The molecule has 5 nitrogen and oxygen atoms in total. The maximum absolute atomic E-state index is 12.3. The zero-order valence-corrected chi connectivity index (χ0v) is 14.9. The second kappa shape index (κ2) is 7.50. The van der Waals surface area contributed by atoms with Crippen LogP contribution in [0.4, 0.5) is 17.1 Å². The number of anilines is 3. The van der Waals surface area contributed by atoms with E-state index in [0.29, 0.717) is 6.42 Å². The van der Waals surface area contributed by atoms with Gasteiger partial charge in [-0.2, -0.15) is 0 Å². The van der Waals surface area contributed by atoms with Gasteiger partial charge in [0.25, 0.3) is 0 Å². The molecule has 0 bridgehead atoms. The van der Waals surface area contributed by atoms with E-state index in [2.05, 4.69) is 10.6 Å². The summed E-state index contributed by atoms with van der Waals surface area (Å²) in [6, 6.07) is 21.4. The topological polar surface area (TPSA) is 61.4 Å². The molecule has 2 N–H and O–H groups in total. The molecular formula is C22H21N3O2. The molecule has 1 saturated heterocycles. The van der Waals surface area contributed by atoms with E-state index in [0.717, 1.165) is 40.8 Å². The molecule has 1 heterocycles. The van der Waals surface area contributed by atoms with Crippen LogP contribution in [0.1, 0.15) is 12.8 Å². The smallest absolute Gasteiger partial charge is 0.243 e. The van der Waals surface area contributed by atoms with Crippen LogP contribution >= 0.6 is 0 Å². The largest absolute Gasteiger partial charge is 0.376 e. The van der Waals surface area contributed by atoms with E-state index in [-0.39, 0.29) is 18.4 Å². The molecule has 0 unspecified atom stereocenters. The van der Waals surface area contributed by atoms with Gasteiger partial charge >= 0.3 is 0 Å². The summed E-state index contributed by atoms with van der Waals surface area (Å²) >= 11 is 0. The Labute approximate surface area is 158 Å². The standard InChI is InChI=1S/C22H21N3O2/c26-21(24-20-8-3-6-16-5-1-2-7-19(16)20)15-23-17-10-12-18(13-11-17)25-14-4-9-22(25)27/h1-3,5-8,10-13,23H,4,9,14-15H2,(H,24,26). The lowest BCUT2D eigenvalue weighted by Crippen LogP contribution is -2.24. The molecule has 3 aromatic rings. The van der Waals surface area contributed by atoms with Crippen LogP contribution in [-0.4, -0.2) is 24.9 Å². The van der Waals surface area contributed by atoms with Crippen molar-refractivity contribution in [1.82, 2.24) is 0 Å². The fraction of sp³-hybridized carbons (Fsp3) is 0.182. The van der Waals surface area contributed by atoms with E-state index in [1.165, 1.54) is 0 Å². The van der Waals surface area contributed by atoms with Crippen molar-refractivity contribution >= 4 is 39.6 Å². The molecule has 4 rings (SSSR count). The quantitative estimate of drug-likeness (QED) is 0.723. The number of hydrogen-bond donors (Lipinski definition) is 2. The summed E-state index contributed by atoms with van der Waals surface area (Å²) in [5, 5.41) is 8.20. The third-order valence-corrected chi connectivity index (χ3v) is 4.77. The highest BCUT2D eigenvalue weighted by Crippen LogP contribution is 2.24. The number of nitrogens with one attached hydrogen (secondary N) is 2. The number of carbonyl (C=O) groups is 2. The van der Waals surface area contributed by atoms with E-state index in [4.69, 9.17) is 0 Å². The third kappa shape index (κ3) is 3.77. The summed E-state index contributed by atoms with van der Waals surface area (Å²) < 4.78 is 0. The molecular weight excluding hydrogens is 338 g/mol. The van der Waals surface area contributed by atoms with Gasteiger partial charge in [0, 0.05) is 35.4 Å². The predicted molar refractivity (Wildman–Crippen MR) is 109 cm³/mol. The van der Waals surface area contributed by atoms with Gasteiger partial charge in [0.15, 0.2) is 0 Å². The van der Waals surface area contributed by atoms with Crippen molar-refractivity contribution in [3.05, 3.63) is 66.7 Å². The maximum atomic E-state index is 12.3. The Hall–Kier alpha value is -3.34. The first-order valence-corrected chi connectivity index (χ1v) is 9.13. The first-order chi connectivity index (χ1) is 13.2. The van der Waals surface area contributed by atoms with Gasteiger partial charge in [-0.25, -0.2) is 0 Å². The number of fused-ring (bicyclic) bond motifs is 1. The van der Waals surface area contributed by atoms with Gasteiger partial charge < -0.3 is 15.5 Å². The summed E-state index contributed by atoms with van der Waals surface area (Å²) in [6.07, 6.45) is 1.53. The Balaban J connectivity index is 1.37. The fourth-order valence-corrected chi connectivity index (χ4v) is 3.39. The molecule has 0 spiro atoms. The average molecular weight is 359 g/mol. The van der Waals surface area contributed by atoms with E-state index in [1.807, 2.05) is 66.7 Å². The summed E-state index contributed by atoms with van der Waals surface area (Å²) in [4.78, 5) is 25.9. The highest BCUT2D eigenvalue weighted by atomic mass is 16.2. The van der Waals surface area contributed by atoms with Crippen LogP contribution in [-0.2, 0) is 9.59 Å². The average Bonchev–Trinajstić information content (AvgIpc) is 3.13. The Morgan fingerprint density at radius 3 is 2.52 bits per heavy atom. The molecule has 1 aliphatic rings. The normalized spacial score (nSPS) is 13.8. The lowest BCUT2D eigenvalue weighted by Gasteiger charge is -2.16. The molecule has 0 saturated carbocycles. The minimum Gasteiger partial charge on any atom is -0.376 e. The van der Waals surface area contributed by atoms with E-state index in [1.54, 1.807) is 4.90 Å². The molecule has 3 aromatic carbocycles. The maximum Gasteiger partial charge on any atom is 0.243 e. The van der Waals surface area contributed by atoms with Gasteiger partial charge in [-0.3, -0.25) is 9.59 Å². The minimum absolute atomic E-state index is 0.106. The molecule has 1 fully saturated rings. The zero-order valence-electron chi connectivity index (χ0n) is 14.9. The molecule has 1 aliphatic heterocycles. The Morgan fingerprint density at radius 1 is 0.963 bits per heavy atom. The SMILES string of the molecule is O=C(CNc1ccc(N2CCCC2=O)cc1)Nc1cccc2ccccc12. The van der Waals surface area contributed by atoms with E-state index in [9.17, 15) is 9.59 Å². The van der Waals surface area contributed by atoms with Crippen molar-refractivity contribution in [2.24, 2.45) is 0 Å². The number of benzene rings is 3. The third-order valence-electron chi connectivity index (χ3n) is 4.77. The number of nitrogens with zero attached hydrogens (tertiary/aromatic N) is 1. The van der Waals surface area contributed by atoms with Crippen molar-refractivity contribution in [3.8, 4) is 0 Å². The summed E-state index contributed by atoms with van der Waals surface area (Å²) in [5.74, 6) is 0.0651. The van der Waals surface area contributed by atoms with Gasteiger partial charge in [-0.15, -0.1) is 0 Å². The summed E-state index contributed by atoms with van der Waals surface area (Å²) in [6.45, 7) is 0.949. The van der Waals surface area contributed by atoms with Crippen LogP contribution in [0.15, 0.2) is 66.7 Å². The number of rotatable bonds is 5. The highest BCUT2D eigenvalue weighted by molar-refractivity contribution is 6.03. The van der Waals surface area contributed by atoms with Crippen LogP contribution in [0.3, 0.4) is 0 Å². The van der Waals surface area contributed by atoms with Crippen LogP contribution in [0.25, 0.3) is 10.8 Å². The van der Waals surface area contributed by atoms with Crippen molar-refractivity contribution in [2.75, 3.05) is 28.6 Å². The van der Waals surface area contributed by atoms with Crippen LogP contribution in [0.5, 0.6) is 0 Å².